The first-order valence-corrected chi connectivity index (χ1v) is 6.24. The Labute approximate surface area is 116 Å². The van der Waals surface area contributed by atoms with E-state index in [0.717, 1.165) is 5.56 Å². The number of hydrogen-bond acceptors (Lipinski definition) is 2. The third-order valence-electron chi connectivity index (χ3n) is 2.77. The lowest BCUT2D eigenvalue weighted by molar-refractivity contribution is -0.117. The van der Waals surface area contributed by atoms with Crippen molar-refractivity contribution in [3.63, 3.8) is 0 Å². The molecule has 3 nitrogen and oxygen atoms in total. The maximum absolute atomic E-state index is 11.3. The maximum atomic E-state index is 11.3. The average molecular weight is 288 g/mol. The van der Waals surface area contributed by atoms with E-state index in [1.54, 1.807) is 18.2 Å². The van der Waals surface area contributed by atoms with Gasteiger partial charge in [-0.2, -0.15) is 0 Å². The highest BCUT2D eigenvalue weighted by Gasteiger charge is 2.21. The minimum Gasteiger partial charge on any atom is -0.394 e. The van der Waals surface area contributed by atoms with Crippen molar-refractivity contribution in [3.05, 3.63) is 46.5 Å². The molecule has 0 saturated carbocycles. The smallest absolute Gasteiger partial charge is 0.243 e. The highest BCUT2D eigenvalue weighted by Crippen LogP contribution is 2.29. The summed E-state index contributed by atoms with van der Waals surface area (Å²) >= 11 is 11.9. The van der Waals surface area contributed by atoms with Gasteiger partial charge < -0.3 is 10.4 Å². The topological polar surface area (TPSA) is 49.3 Å². The number of carbonyl (C=O) groups is 1. The molecule has 0 aliphatic rings. The van der Waals surface area contributed by atoms with Gasteiger partial charge in [0.05, 0.1) is 12.6 Å². The fraction of sp³-hybridized carbons (Fsp3) is 0.308. The van der Waals surface area contributed by atoms with E-state index in [1.807, 2.05) is 6.92 Å². The molecular formula is C13H15Cl2NO2. The highest BCUT2D eigenvalue weighted by atomic mass is 35.5. The van der Waals surface area contributed by atoms with Crippen LogP contribution in [0, 0.1) is 0 Å². The number of halogens is 2. The molecule has 2 unspecified atom stereocenters. The molecule has 1 aromatic rings. The van der Waals surface area contributed by atoms with Gasteiger partial charge in [0.25, 0.3) is 0 Å². The second-order valence-electron chi connectivity index (χ2n) is 3.96. The van der Waals surface area contributed by atoms with Gasteiger partial charge in [-0.15, -0.1) is 0 Å². The van der Waals surface area contributed by atoms with Crippen LogP contribution in [0.5, 0.6) is 0 Å². The van der Waals surface area contributed by atoms with Crippen LogP contribution in [0.25, 0.3) is 0 Å². The summed E-state index contributed by atoms with van der Waals surface area (Å²) in [6, 6.07) is 4.73. The molecule has 0 fully saturated rings. The first-order chi connectivity index (χ1) is 8.49. The lowest BCUT2D eigenvalue weighted by atomic mass is 9.93. The van der Waals surface area contributed by atoms with Crippen molar-refractivity contribution in [3.8, 4) is 0 Å². The lowest BCUT2D eigenvalue weighted by Crippen LogP contribution is -2.40. The standard InChI is InChI=1S/C13H15Cl2NO2/c1-3-13(18)16-12(7-17)8(2)10-5-4-9(14)6-11(10)15/h3-6,8,12,17H,1,7H2,2H3,(H,16,18). The molecule has 1 rings (SSSR count). The van der Waals surface area contributed by atoms with Crippen LogP contribution in [-0.2, 0) is 4.79 Å². The van der Waals surface area contributed by atoms with Crippen molar-refractivity contribution in [2.24, 2.45) is 0 Å². The third kappa shape index (κ3) is 3.73. The van der Waals surface area contributed by atoms with Gasteiger partial charge in [-0.1, -0.05) is 42.8 Å². The van der Waals surface area contributed by atoms with Gasteiger partial charge in [-0.05, 0) is 23.8 Å². The predicted molar refractivity (Wildman–Crippen MR) is 74.1 cm³/mol. The zero-order valence-corrected chi connectivity index (χ0v) is 11.5. The van der Waals surface area contributed by atoms with E-state index < -0.39 is 6.04 Å². The molecule has 18 heavy (non-hydrogen) atoms. The molecule has 0 saturated heterocycles. The zero-order valence-electron chi connectivity index (χ0n) is 9.99. The molecule has 1 amide bonds. The number of hydrogen-bond donors (Lipinski definition) is 2. The predicted octanol–water partition coefficient (Wildman–Crippen LogP) is 2.76. The Hall–Kier alpha value is -1.03. The van der Waals surface area contributed by atoms with Crippen LogP contribution in [0.15, 0.2) is 30.9 Å². The Morgan fingerprint density at radius 3 is 2.72 bits per heavy atom. The quantitative estimate of drug-likeness (QED) is 0.818. The molecule has 5 heteroatoms. The summed E-state index contributed by atoms with van der Waals surface area (Å²) in [7, 11) is 0. The summed E-state index contributed by atoms with van der Waals surface area (Å²) in [5.74, 6) is -0.463. The fourth-order valence-corrected chi connectivity index (χ4v) is 2.24. The molecule has 0 spiro atoms. The van der Waals surface area contributed by atoms with Crippen LogP contribution in [0.2, 0.25) is 10.0 Å². The normalized spacial score (nSPS) is 13.8. The van der Waals surface area contributed by atoms with Crippen LogP contribution < -0.4 is 5.32 Å². The molecule has 0 bridgehead atoms. The van der Waals surface area contributed by atoms with Gasteiger partial charge in [0.15, 0.2) is 0 Å². The maximum Gasteiger partial charge on any atom is 0.243 e. The molecule has 0 heterocycles. The Morgan fingerprint density at radius 2 is 2.22 bits per heavy atom. The molecule has 2 N–H and O–H groups in total. The van der Waals surface area contributed by atoms with Crippen molar-refractivity contribution in [1.29, 1.82) is 0 Å². The molecule has 0 aliphatic carbocycles. The van der Waals surface area contributed by atoms with Gasteiger partial charge >= 0.3 is 0 Å². The molecule has 0 radical (unpaired) electrons. The number of aliphatic hydroxyl groups is 1. The van der Waals surface area contributed by atoms with Gasteiger partial charge in [-0.3, -0.25) is 4.79 Å². The largest absolute Gasteiger partial charge is 0.394 e. The molecule has 98 valence electrons. The van der Waals surface area contributed by atoms with Gasteiger partial charge in [0, 0.05) is 16.0 Å². The summed E-state index contributed by atoms with van der Waals surface area (Å²) in [5, 5.41) is 13.1. The SMILES string of the molecule is C=CC(=O)NC(CO)C(C)c1ccc(Cl)cc1Cl. The van der Waals surface area contributed by atoms with Crippen LogP contribution in [0.3, 0.4) is 0 Å². The van der Waals surface area contributed by atoms with Gasteiger partial charge in [0.1, 0.15) is 0 Å². The second-order valence-corrected chi connectivity index (χ2v) is 4.80. The third-order valence-corrected chi connectivity index (χ3v) is 3.33. The van der Waals surface area contributed by atoms with Crippen LogP contribution in [-0.4, -0.2) is 23.7 Å². The van der Waals surface area contributed by atoms with E-state index in [0.29, 0.717) is 10.0 Å². The average Bonchev–Trinajstić information content (AvgIpc) is 2.34. The number of carbonyl (C=O) groups excluding carboxylic acids is 1. The Bertz CT molecular complexity index is 449. The van der Waals surface area contributed by atoms with Crippen LogP contribution >= 0.6 is 23.2 Å². The van der Waals surface area contributed by atoms with Crippen molar-refractivity contribution >= 4 is 29.1 Å². The number of rotatable bonds is 5. The first-order valence-electron chi connectivity index (χ1n) is 5.48. The van der Waals surface area contributed by atoms with Crippen molar-refractivity contribution in [1.82, 2.24) is 5.32 Å². The summed E-state index contributed by atoms with van der Waals surface area (Å²) < 4.78 is 0. The van der Waals surface area contributed by atoms with Crippen molar-refractivity contribution in [2.75, 3.05) is 6.61 Å². The van der Waals surface area contributed by atoms with E-state index in [1.165, 1.54) is 6.08 Å². The number of amides is 1. The number of nitrogens with one attached hydrogen (secondary N) is 1. The monoisotopic (exact) mass is 287 g/mol. The van der Waals surface area contributed by atoms with E-state index in [2.05, 4.69) is 11.9 Å². The summed E-state index contributed by atoms with van der Waals surface area (Å²) in [6.45, 7) is 5.07. The minimum atomic E-state index is -0.422. The molecular weight excluding hydrogens is 273 g/mol. The van der Waals surface area contributed by atoms with Gasteiger partial charge in [-0.25, -0.2) is 0 Å². The van der Waals surface area contributed by atoms with E-state index in [-0.39, 0.29) is 18.4 Å². The number of aliphatic hydroxyl groups excluding tert-OH is 1. The van der Waals surface area contributed by atoms with E-state index in [4.69, 9.17) is 23.2 Å². The molecule has 2 atom stereocenters. The van der Waals surface area contributed by atoms with Crippen LogP contribution in [0.4, 0.5) is 0 Å². The minimum absolute atomic E-state index is 0.135. The Kier molecular flexibility index (Phi) is 5.66. The van der Waals surface area contributed by atoms with E-state index in [9.17, 15) is 9.90 Å². The zero-order chi connectivity index (χ0) is 13.7. The molecule has 1 aromatic carbocycles. The van der Waals surface area contributed by atoms with Crippen LogP contribution in [0.1, 0.15) is 18.4 Å². The number of benzene rings is 1. The fourth-order valence-electron chi connectivity index (χ4n) is 1.66. The Balaban J connectivity index is 2.92. The highest BCUT2D eigenvalue weighted by molar-refractivity contribution is 6.35. The summed E-state index contributed by atoms with van der Waals surface area (Å²) in [5.41, 5.74) is 0.824. The van der Waals surface area contributed by atoms with Gasteiger partial charge in [0.2, 0.25) is 5.91 Å². The Morgan fingerprint density at radius 1 is 1.56 bits per heavy atom. The van der Waals surface area contributed by atoms with Crippen molar-refractivity contribution < 1.29 is 9.90 Å². The molecule has 0 aliphatic heterocycles. The van der Waals surface area contributed by atoms with E-state index >= 15 is 0 Å². The molecule has 0 aromatic heterocycles. The second kappa shape index (κ2) is 6.78. The summed E-state index contributed by atoms with van der Waals surface area (Å²) in [4.78, 5) is 11.3. The lowest BCUT2D eigenvalue weighted by Gasteiger charge is -2.24. The van der Waals surface area contributed by atoms with Crippen molar-refractivity contribution in [2.45, 2.75) is 18.9 Å². The summed E-state index contributed by atoms with van der Waals surface area (Å²) in [6.07, 6.45) is 1.17. The first kappa shape index (κ1) is 15.0.